The van der Waals surface area contributed by atoms with Crippen LogP contribution in [0, 0.1) is 13.8 Å². The van der Waals surface area contributed by atoms with Crippen LogP contribution in [0.3, 0.4) is 0 Å². The lowest BCUT2D eigenvalue weighted by Gasteiger charge is -2.29. The largest absolute Gasteiger partial charge is 0.493 e. The molecular weight excluding hydrogens is 398 g/mol. The van der Waals surface area contributed by atoms with E-state index in [1.54, 1.807) is 19.1 Å². The highest BCUT2D eigenvalue weighted by molar-refractivity contribution is 6.06. The molecule has 164 valence electrons. The first-order valence-corrected chi connectivity index (χ1v) is 9.75. The van der Waals surface area contributed by atoms with E-state index < -0.39 is 12.1 Å². The molecule has 0 aliphatic carbocycles. The van der Waals surface area contributed by atoms with Gasteiger partial charge in [-0.1, -0.05) is 6.07 Å². The molecule has 0 radical (unpaired) electrons. The highest BCUT2D eigenvalue weighted by atomic mass is 16.5. The summed E-state index contributed by atoms with van der Waals surface area (Å²) in [6, 6.07) is 8.13. The van der Waals surface area contributed by atoms with E-state index in [1.807, 2.05) is 32.0 Å². The van der Waals surface area contributed by atoms with Crippen LogP contribution >= 0.6 is 0 Å². The molecule has 0 aromatic heterocycles. The van der Waals surface area contributed by atoms with Crippen LogP contribution in [-0.2, 0) is 4.79 Å². The first-order chi connectivity index (χ1) is 14.8. The smallest absolute Gasteiger partial charge is 0.319 e. The first kappa shape index (κ1) is 22.0. The number of ether oxygens (including phenoxy) is 3. The summed E-state index contributed by atoms with van der Waals surface area (Å²) in [5.74, 6) is 0.956. The number of methoxy groups -OCH3 is 3. The van der Waals surface area contributed by atoms with Crippen LogP contribution in [0.15, 0.2) is 41.6 Å². The van der Waals surface area contributed by atoms with Gasteiger partial charge in [0.2, 0.25) is 5.75 Å². The van der Waals surface area contributed by atoms with Gasteiger partial charge < -0.3 is 30.2 Å². The molecule has 2 aromatic rings. The summed E-state index contributed by atoms with van der Waals surface area (Å²) in [5.41, 5.74) is 4.23. The molecule has 0 spiro atoms. The number of hydrogen-bond acceptors (Lipinski definition) is 5. The van der Waals surface area contributed by atoms with E-state index in [0.717, 1.165) is 11.1 Å². The molecule has 1 atom stereocenters. The van der Waals surface area contributed by atoms with Gasteiger partial charge in [-0.15, -0.1) is 0 Å². The zero-order valence-corrected chi connectivity index (χ0v) is 18.5. The second-order valence-corrected chi connectivity index (χ2v) is 7.36. The molecule has 31 heavy (non-hydrogen) atoms. The number of anilines is 1. The van der Waals surface area contributed by atoms with Crippen LogP contribution in [0.2, 0.25) is 0 Å². The van der Waals surface area contributed by atoms with Gasteiger partial charge in [0.25, 0.3) is 5.91 Å². The summed E-state index contributed by atoms with van der Waals surface area (Å²) in [5, 5.41) is 8.44. The first-order valence-electron chi connectivity index (χ1n) is 9.75. The molecule has 1 unspecified atom stereocenters. The molecular formula is C23H27N3O5. The maximum atomic E-state index is 13.3. The number of benzene rings is 2. The van der Waals surface area contributed by atoms with Crippen molar-refractivity contribution in [2.45, 2.75) is 26.8 Å². The lowest BCUT2D eigenvalue weighted by atomic mass is 9.94. The molecule has 1 aliphatic rings. The predicted molar refractivity (Wildman–Crippen MR) is 118 cm³/mol. The predicted octanol–water partition coefficient (Wildman–Crippen LogP) is 3.60. The fourth-order valence-corrected chi connectivity index (χ4v) is 3.76. The molecule has 0 saturated heterocycles. The standard InChI is InChI=1S/C23H27N3O5/c1-12-7-13(2)9-16(8-12)25-22(27)19-14(3)24-23(28)26-20(19)15-10-17(29-4)21(31-6)18(11-15)30-5/h7-11,20H,1-6H3,(H,25,27)(H2,24,26,28). The van der Waals surface area contributed by atoms with Crippen molar-refractivity contribution in [3.63, 3.8) is 0 Å². The molecule has 8 nitrogen and oxygen atoms in total. The Morgan fingerprint density at radius 1 is 0.903 bits per heavy atom. The lowest BCUT2D eigenvalue weighted by molar-refractivity contribution is -0.113. The summed E-state index contributed by atoms with van der Waals surface area (Å²) < 4.78 is 16.2. The molecule has 8 heteroatoms. The minimum absolute atomic E-state index is 0.325. The molecule has 3 rings (SSSR count). The third-order valence-electron chi connectivity index (χ3n) is 5.01. The topological polar surface area (TPSA) is 97.9 Å². The van der Waals surface area contributed by atoms with Crippen molar-refractivity contribution in [1.29, 1.82) is 0 Å². The van der Waals surface area contributed by atoms with E-state index in [4.69, 9.17) is 14.2 Å². The van der Waals surface area contributed by atoms with E-state index in [0.29, 0.717) is 39.8 Å². The number of nitrogens with one attached hydrogen (secondary N) is 3. The van der Waals surface area contributed by atoms with E-state index in [-0.39, 0.29) is 5.91 Å². The second-order valence-electron chi connectivity index (χ2n) is 7.36. The molecule has 3 N–H and O–H groups in total. The van der Waals surface area contributed by atoms with Crippen LogP contribution in [0.5, 0.6) is 17.2 Å². The highest BCUT2D eigenvalue weighted by Crippen LogP contribution is 2.41. The zero-order valence-electron chi connectivity index (χ0n) is 18.5. The van der Waals surface area contributed by atoms with Gasteiger partial charge in [-0.3, -0.25) is 4.79 Å². The minimum atomic E-state index is -0.714. The molecule has 2 aromatic carbocycles. The van der Waals surface area contributed by atoms with E-state index >= 15 is 0 Å². The fourth-order valence-electron chi connectivity index (χ4n) is 3.76. The van der Waals surface area contributed by atoms with Crippen LogP contribution in [0.1, 0.15) is 29.7 Å². The Bertz CT molecular complexity index is 1020. The number of aryl methyl sites for hydroxylation is 2. The third-order valence-corrected chi connectivity index (χ3v) is 5.01. The molecule has 0 bridgehead atoms. The van der Waals surface area contributed by atoms with Gasteiger partial charge in [-0.05, 0) is 61.7 Å². The average molecular weight is 425 g/mol. The maximum absolute atomic E-state index is 13.3. The summed E-state index contributed by atoms with van der Waals surface area (Å²) in [4.78, 5) is 25.5. The average Bonchev–Trinajstić information content (AvgIpc) is 2.70. The van der Waals surface area contributed by atoms with E-state index in [1.165, 1.54) is 21.3 Å². The monoisotopic (exact) mass is 425 g/mol. The zero-order chi connectivity index (χ0) is 22.7. The number of carbonyl (C=O) groups is 2. The molecule has 3 amide bonds. The van der Waals surface area contributed by atoms with Crippen molar-refractivity contribution in [3.05, 3.63) is 58.3 Å². The Balaban J connectivity index is 2.05. The lowest BCUT2D eigenvalue weighted by Crippen LogP contribution is -2.46. The van der Waals surface area contributed by atoms with Gasteiger partial charge in [-0.25, -0.2) is 4.79 Å². The van der Waals surface area contributed by atoms with Crippen molar-refractivity contribution in [1.82, 2.24) is 10.6 Å². The van der Waals surface area contributed by atoms with Crippen LogP contribution in [0.4, 0.5) is 10.5 Å². The number of hydrogen-bond donors (Lipinski definition) is 3. The molecule has 1 heterocycles. The Labute approximate surface area is 181 Å². The number of allylic oxidation sites excluding steroid dienone is 1. The summed E-state index contributed by atoms with van der Waals surface area (Å²) in [6.45, 7) is 5.63. The third kappa shape index (κ3) is 4.58. The number of rotatable bonds is 6. The van der Waals surface area contributed by atoms with Gasteiger partial charge >= 0.3 is 6.03 Å². The van der Waals surface area contributed by atoms with Crippen molar-refractivity contribution in [2.24, 2.45) is 0 Å². The SMILES string of the molecule is COc1cc(C2NC(=O)NC(C)=C2C(=O)Nc2cc(C)cc(C)c2)cc(OC)c1OC. The Morgan fingerprint density at radius 2 is 1.48 bits per heavy atom. The van der Waals surface area contributed by atoms with Gasteiger partial charge in [0.15, 0.2) is 11.5 Å². The molecule has 1 aliphatic heterocycles. The molecule has 0 saturated carbocycles. The van der Waals surface area contributed by atoms with Crippen molar-refractivity contribution in [3.8, 4) is 17.2 Å². The summed E-state index contributed by atoms with van der Waals surface area (Å²) >= 11 is 0. The number of carbonyl (C=O) groups excluding carboxylic acids is 2. The van der Waals surface area contributed by atoms with Gasteiger partial charge in [0.05, 0.1) is 32.9 Å². The van der Waals surface area contributed by atoms with Gasteiger partial charge in [0, 0.05) is 11.4 Å². The van der Waals surface area contributed by atoms with Crippen LogP contribution in [0.25, 0.3) is 0 Å². The van der Waals surface area contributed by atoms with Crippen molar-refractivity contribution >= 4 is 17.6 Å². The van der Waals surface area contributed by atoms with E-state index in [9.17, 15) is 9.59 Å². The maximum Gasteiger partial charge on any atom is 0.319 e. The van der Waals surface area contributed by atoms with Gasteiger partial charge in [0.1, 0.15) is 0 Å². The van der Waals surface area contributed by atoms with Crippen LogP contribution in [-0.4, -0.2) is 33.3 Å². The minimum Gasteiger partial charge on any atom is -0.493 e. The Hall–Kier alpha value is -3.68. The van der Waals surface area contributed by atoms with Crippen molar-refractivity contribution < 1.29 is 23.8 Å². The Kier molecular flexibility index (Phi) is 6.39. The van der Waals surface area contributed by atoms with Crippen LogP contribution < -0.4 is 30.2 Å². The summed E-state index contributed by atoms with van der Waals surface area (Å²) in [7, 11) is 4.53. The number of urea groups is 1. The van der Waals surface area contributed by atoms with Crippen molar-refractivity contribution in [2.75, 3.05) is 26.6 Å². The second kappa shape index (κ2) is 8.99. The van der Waals surface area contributed by atoms with E-state index in [2.05, 4.69) is 16.0 Å². The normalized spacial score (nSPS) is 15.7. The highest BCUT2D eigenvalue weighted by Gasteiger charge is 2.32. The fraction of sp³-hybridized carbons (Fsp3) is 0.304. The quantitative estimate of drug-likeness (QED) is 0.657. The molecule has 0 fully saturated rings. The summed E-state index contributed by atoms with van der Waals surface area (Å²) in [6.07, 6.45) is 0. The number of amides is 3. The Morgan fingerprint density at radius 3 is 2.00 bits per heavy atom. The van der Waals surface area contributed by atoms with Gasteiger partial charge in [-0.2, -0.15) is 0 Å².